The normalized spacial score (nSPS) is 13.5. The van der Waals surface area contributed by atoms with Crippen molar-refractivity contribution in [2.75, 3.05) is 12.4 Å². The fraction of sp³-hybridized carbons (Fsp3) is 0.123. The summed E-state index contributed by atoms with van der Waals surface area (Å²) in [6.45, 7) is 2.09. The Bertz CT molecular complexity index is 2720. The molecule has 9 rings (SSSR count). The lowest BCUT2D eigenvalue weighted by atomic mass is 9.79. The molecule has 8 aromatic rings. The number of thioether (sulfide) groups is 1. The fourth-order valence-corrected chi connectivity index (χ4v) is 10.8. The van der Waals surface area contributed by atoms with Crippen LogP contribution >= 0.6 is 23.4 Å². The van der Waals surface area contributed by atoms with Gasteiger partial charge in [0.1, 0.15) is 12.6 Å². The number of carbonyl (C=O) groups excluding carboxylic acids is 2. The van der Waals surface area contributed by atoms with Crippen LogP contribution in [0.5, 0.6) is 0 Å². The number of fused-ring (bicyclic) bond motifs is 3. The largest absolute Gasteiger partial charge is 0.449 e. The Hall–Kier alpha value is -6.86. The summed E-state index contributed by atoms with van der Waals surface area (Å²) in [5, 5.41) is 3.45. The molecule has 0 heterocycles. The van der Waals surface area contributed by atoms with Crippen molar-refractivity contribution in [2.45, 2.75) is 29.2 Å². The first-order chi connectivity index (χ1) is 31.4. The SMILES string of the molecule is Cc1ccc(C(OC(=O)[C@H](CSC(c2ccccc2)(c2ccccc2)c2ccccc2)NC(=O)OCC2c3ccccc3-c3ccccc32)(c2ccccc2)c2ccccc2Cl)cc1. The minimum Gasteiger partial charge on any atom is -0.449 e. The lowest BCUT2D eigenvalue weighted by Crippen LogP contribution is -2.48. The molecule has 0 bridgehead atoms. The lowest BCUT2D eigenvalue weighted by Gasteiger charge is -2.38. The summed E-state index contributed by atoms with van der Waals surface area (Å²) >= 11 is 8.65. The molecule has 0 saturated carbocycles. The molecule has 1 unspecified atom stereocenters. The Balaban J connectivity index is 1.13. The molecule has 0 saturated heterocycles. The fourth-order valence-electron chi connectivity index (χ4n) is 9.01. The molecule has 5 nitrogen and oxygen atoms in total. The number of aryl methyl sites for hydroxylation is 1. The average Bonchev–Trinajstić information content (AvgIpc) is 3.67. The summed E-state index contributed by atoms with van der Waals surface area (Å²) in [6, 6.07) is 71.0. The van der Waals surface area contributed by atoms with Crippen LogP contribution in [0.4, 0.5) is 4.79 Å². The summed E-state index contributed by atoms with van der Waals surface area (Å²) in [4.78, 5) is 29.9. The molecule has 64 heavy (non-hydrogen) atoms. The zero-order chi connectivity index (χ0) is 43.9. The number of hydrogen-bond acceptors (Lipinski definition) is 5. The lowest BCUT2D eigenvalue weighted by molar-refractivity contribution is -0.155. The van der Waals surface area contributed by atoms with Gasteiger partial charge in [-0.1, -0.05) is 229 Å². The molecule has 1 N–H and O–H groups in total. The highest BCUT2D eigenvalue weighted by molar-refractivity contribution is 8.00. The first kappa shape index (κ1) is 42.4. The van der Waals surface area contributed by atoms with Crippen LogP contribution < -0.4 is 5.32 Å². The van der Waals surface area contributed by atoms with Crippen molar-refractivity contribution in [1.82, 2.24) is 5.32 Å². The van der Waals surface area contributed by atoms with E-state index in [9.17, 15) is 4.79 Å². The number of ether oxygens (including phenoxy) is 2. The number of rotatable bonds is 14. The van der Waals surface area contributed by atoms with E-state index in [1.807, 2.05) is 159 Å². The van der Waals surface area contributed by atoms with Gasteiger partial charge in [0.2, 0.25) is 0 Å². The Kier molecular flexibility index (Phi) is 12.5. The summed E-state index contributed by atoms with van der Waals surface area (Å²) in [7, 11) is 0. The molecular weight excluding hydrogens is 830 g/mol. The molecule has 7 heteroatoms. The number of carbonyl (C=O) groups is 2. The second-order valence-electron chi connectivity index (χ2n) is 15.9. The van der Waals surface area contributed by atoms with Gasteiger partial charge in [0.05, 0.1) is 4.75 Å². The van der Waals surface area contributed by atoms with E-state index in [1.165, 1.54) is 0 Å². The molecule has 0 aliphatic heterocycles. The number of nitrogens with one attached hydrogen (secondary N) is 1. The molecule has 0 radical (unpaired) electrons. The molecular formula is C57H46ClNO4S. The number of amides is 1. The Morgan fingerprint density at radius 1 is 0.562 bits per heavy atom. The molecule has 0 aromatic heterocycles. The molecule has 1 amide bonds. The number of benzene rings is 8. The standard InChI is InChI=1S/C57H46ClNO4S/c1-40-34-36-42(37-35-40)56(41-20-6-2-7-21-41,51-32-18-19-33-52(51)58)63-54(60)53(59-55(61)62-38-50-48-30-16-14-28-46(48)47-29-15-17-31-49(47)50)39-64-57(43-22-8-3-9-23-43,44-24-10-4-11-25-44)45-26-12-5-13-27-45/h2-37,50,53H,38-39H2,1H3,(H,59,61)/t53-,56?/m0/s1. The zero-order valence-corrected chi connectivity index (χ0v) is 36.8. The molecule has 1 aliphatic rings. The van der Waals surface area contributed by atoms with Gasteiger partial charge in [-0.25, -0.2) is 9.59 Å². The highest BCUT2D eigenvalue weighted by atomic mass is 35.5. The van der Waals surface area contributed by atoms with Crippen LogP contribution in [0.2, 0.25) is 5.02 Å². The summed E-state index contributed by atoms with van der Waals surface area (Å²) in [5.41, 5.74) is 8.98. The van der Waals surface area contributed by atoms with Gasteiger partial charge < -0.3 is 14.8 Å². The van der Waals surface area contributed by atoms with Gasteiger partial charge in [0.25, 0.3) is 0 Å². The Morgan fingerprint density at radius 3 is 1.52 bits per heavy atom. The third-order valence-corrected chi connectivity index (χ3v) is 14.0. The summed E-state index contributed by atoms with van der Waals surface area (Å²) in [6.07, 6.45) is -0.729. The second-order valence-corrected chi connectivity index (χ2v) is 17.6. The van der Waals surface area contributed by atoms with Gasteiger partial charge in [-0.05, 0) is 51.9 Å². The first-order valence-electron chi connectivity index (χ1n) is 21.4. The van der Waals surface area contributed by atoms with Gasteiger partial charge in [-0.15, -0.1) is 11.8 Å². The third-order valence-electron chi connectivity index (χ3n) is 12.1. The summed E-state index contributed by atoms with van der Waals surface area (Å²) in [5.74, 6) is -0.732. The van der Waals surface area contributed by atoms with Crippen LogP contribution in [0, 0.1) is 6.92 Å². The average molecular weight is 877 g/mol. The van der Waals surface area contributed by atoms with Crippen molar-refractivity contribution in [2.24, 2.45) is 0 Å². The Morgan fingerprint density at radius 2 is 1.00 bits per heavy atom. The van der Waals surface area contributed by atoms with Crippen molar-refractivity contribution in [3.63, 3.8) is 0 Å². The smallest absolute Gasteiger partial charge is 0.407 e. The second kappa shape index (κ2) is 18.9. The molecule has 0 fully saturated rings. The number of esters is 1. The zero-order valence-electron chi connectivity index (χ0n) is 35.3. The van der Waals surface area contributed by atoms with Gasteiger partial charge >= 0.3 is 12.1 Å². The van der Waals surface area contributed by atoms with Crippen LogP contribution in [0.25, 0.3) is 11.1 Å². The highest BCUT2D eigenvalue weighted by Gasteiger charge is 2.45. The Labute approximate surface area is 384 Å². The van der Waals surface area contributed by atoms with Crippen LogP contribution in [-0.2, 0) is 24.6 Å². The molecule has 316 valence electrons. The van der Waals surface area contributed by atoms with E-state index in [2.05, 4.69) is 66.0 Å². The van der Waals surface area contributed by atoms with Gasteiger partial charge in [0.15, 0.2) is 5.60 Å². The van der Waals surface area contributed by atoms with Crippen LogP contribution in [0.15, 0.2) is 218 Å². The van der Waals surface area contributed by atoms with E-state index in [-0.39, 0.29) is 18.3 Å². The van der Waals surface area contributed by atoms with Crippen molar-refractivity contribution in [3.8, 4) is 11.1 Å². The van der Waals surface area contributed by atoms with Crippen molar-refractivity contribution >= 4 is 35.4 Å². The van der Waals surface area contributed by atoms with E-state index in [1.54, 1.807) is 17.8 Å². The topological polar surface area (TPSA) is 64.6 Å². The highest BCUT2D eigenvalue weighted by Crippen LogP contribution is 2.50. The maximum Gasteiger partial charge on any atom is 0.407 e. The minimum atomic E-state index is -1.51. The predicted octanol–water partition coefficient (Wildman–Crippen LogP) is 13.1. The third kappa shape index (κ3) is 8.23. The maximum atomic E-state index is 15.6. The quantitative estimate of drug-likeness (QED) is 0.0871. The van der Waals surface area contributed by atoms with Crippen LogP contribution in [0.3, 0.4) is 0 Å². The number of alkyl carbamates (subject to hydrolysis) is 1. The van der Waals surface area contributed by atoms with Crippen molar-refractivity contribution < 1.29 is 19.1 Å². The number of halogens is 1. The van der Waals surface area contributed by atoms with E-state index >= 15 is 4.79 Å². The van der Waals surface area contributed by atoms with Crippen molar-refractivity contribution in [1.29, 1.82) is 0 Å². The minimum absolute atomic E-state index is 0.0771. The molecule has 8 aromatic carbocycles. The predicted molar refractivity (Wildman–Crippen MR) is 259 cm³/mol. The van der Waals surface area contributed by atoms with E-state index in [0.29, 0.717) is 21.7 Å². The van der Waals surface area contributed by atoms with E-state index < -0.39 is 28.5 Å². The van der Waals surface area contributed by atoms with Crippen LogP contribution in [-0.4, -0.2) is 30.5 Å². The van der Waals surface area contributed by atoms with Crippen molar-refractivity contribution in [3.05, 3.63) is 273 Å². The van der Waals surface area contributed by atoms with Gasteiger partial charge in [-0.3, -0.25) is 0 Å². The monoisotopic (exact) mass is 875 g/mol. The van der Waals surface area contributed by atoms with E-state index in [4.69, 9.17) is 21.1 Å². The van der Waals surface area contributed by atoms with E-state index in [0.717, 1.165) is 44.5 Å². The maximum absolute atomic E-state index is 15.6. The van der Waals surface area contributed by atoms with Gasteiger partial charge in [0, 0.05) is 33.4 Å². The molecule has 1 aliphatic carbocycles. The van der Waals surface area contributed by atoms with Gasteiger partial charge in [-0.2, -0.15) is 0 Å². The summed E-state index contributed by atoms with van der Waals surface area (Å²) < 4.78 is 12.4. The first-order valence-corrected chi connectivity index (χ1v) is 22.8. The molecule has 0 spiro atoms. The molecule has 2 atom stereocenters. The van der Waals surface area contributed by atoms with Crippen LogP contribution in [0.1, 0.15) is 56.0 Å². The number of hydrogen-bond donors (Lipinski definition) is 1.